The van der Waals surface area contributed by atoms with Crippen LogP contribution in [0.1, 0.15) is 15.9 Å². The van der Waals surface area contributed by atoms with E-state index in [1.165, 1.54) is 7.11 Å². The molecule has 0 amide bonds. The largest absolute Gasteiger partial charge is 0.493 e. The number of rotatable bonds is 5. The van der Waals surface area contributed by atoms with E-state index in [2.05, 4.69) is 0 Å². The number of aldehydes is 1. The van der Waals surface area contributed by atoms with E-state index in [9.17, 15) is 9.59 Å². The minimum atomic E-state index is -0.441. The molecular weight excluding hydrogens is 256 g/mol. The van der Waals surface area contributed by atoms with E-state index in [-0.39, 0.29) is 17.7 Å². The summed E-state index contributed by atoms with van der Waals surface area (Å²) in [7, 11) is 1.46. The average Bonchev–Trinajstić information content (AvgIpc) is 2.48. The fourth-order valence-corrected chi connectivity index (χ4v) is 1.81. The van der Waals surface area contributed by atoms with Crippen LogP contribution in [0.25, 0.3) is 0 Å². The van der Waals surface area contributed by atoms with Crippen molar-refractivity contribution in [1.82, 2.24) is 0 Å². The summed E-state index contributed by atoms with van der Waals surface area (Å²) in [5.41, 5.74) is 1.13. The lowest BCUT2D eigenvalue weighted by atomic mass is 10.1. The van der Waals surface area contributed by atoms with Gasteiger partial charge in [-0.3, -0.25) is 9.59 Å². The zero-order valence-electron chi connectivity index (χ0n) is 11.0. The van der Waals surface area contributed by atoms with Crippen LogP contribution in [0.5, 0.6) is 11.5 Å². The zero-order valence-corrected chi connectivity index (χ0v) is 11.0. The van der Waals surface area contributed by atoms with Gasteiger partial charge in [-0.1, -0.05) is 36.4 Å². The minimum Gasteiger partial charge on any atom is -0.493 e. The van der Waals surface area contributed by atoms with Gasteiger partial charge in [0, 0.05) is 0 Å². The summed E-state index contributed by atoms with van der Waals surface area (Å²) in [6.07, 6.45) is 0.769. The molecule has 20 heavy (non-hydrogen) atoms. The smallest absolute Gasteiger partial charge is 0.315 e. The van der Waals surface area contributed by atoms with Crippen LogP contribution in [-0.4, -0.2) is 19.4 Å². The summed E-state index contributed by atoms with van der Waals surface area (Å²) >= 11 is 0. The number of hydrogen-bond donors (Lipinski definition) is 0. The molecule has 0 aromatic heterocycles. The van der Waals surface area contributed by atoms with Crippen molar-refractivity contribution < 1.29 is 19.1 Å². The number of esters is 1. The Hall–Kier alpha value is -2.62. The molecular formula is C16H14O4. The molecule has 0 bridgehead atoms. The summed E-state index contributed by atoms with van der Waals surface area (Å²) in [5.74, 6) is 0.0748. The molecule has 0 unspecified atom stereocenters. The number of hydrogen-bond acceptors (Lipinski definition) is 4. The fourth-order valence-electron chi connectivity index (χ4n) is 1.81. The van der Waals surface area contributed by atoms with Crippen LogP contribution in [0, 0.1) is 0 Å². The number of carbonyl (C=O) groups excluding carboxylic acids is 2. The molecule has 102 valence electrons. The van der Waals surface area contributed by atoms with E-state index < -0.39 is 5.97 Å². The summed E-state index contributed by atoms with van der Waals surface area (Å²) in [6.45, 7) is 0. The standard InChI is InChI=1S/C16H14O4/c1-19-14-9-5-8-13(11-17)16(14)20-15(18)10-12-6-3-2-4-7-12/h2-9,11H,10H2,1H3. The second-order valence-corrected chi connectivity index (χ2v) is 4.13. The number of benzene rings is 2. The van der Waals surface area contributed by atoms with Crippen molar-refractivity contribution in [2.45, 2.75) is 6.42 Å². The van der Waals surface area contributed by atoms with E-state index in [4.69, 9.17) is 9.47 Å². The number of carbonyl (C=O) groups is 2. The van der Waals surface area contributed by atoms with E-state index in [0.717, 1.165) is 5.56 Å². The third-order valence-corrected chi connectivity index (χ3v) is 2.76. The third kappa shape index (κ3) is 3.23. The zero-order chi connectivity index (χ0) is 14.4. The Morgan fingerprint density at radius 2 is 1.85 bits per heavy atom. The lowest BCUT2D eigenvalue weighted by molar-refractivity contribution is -0.133. The van der Waals surface area contributed by atoms with Crippen LogP contribution >= 0.6 is 0 Å². The first-order chi connectivity index (χ1) is 9.74. The van der Waals surface area contributed by atoms with E-state index in [1.54, 1.807) is 18.2 Å². The van der Waals surface area contributed by atoms with Crippen molar-refractivity contribution in [2.24, 2.45) is 0 Å². The monoisotopic (exact) mass is 270 g/mol. The van der Waals surface area contributed by atoms with Gasteiger partial charge in [0.2, 0.25) is 0 Å². The molecule has 0 aliphatic carbocycles. The predicted molar refractivity (Wildman–Crippen MR) is 74.2 cm³/mol. The normalized spacial score (nSPS) is 9.85. The van der Waals surface area contributed by atoms with E-state index >= 15 is 0 Å². The van der Waals surface area contributed by atoms with Crippen molar-refractivity contribution >= 4 is 12.3 Å². The van der Waals surface area contributed by atoms with Gasteiger partial charge >= 0.3 is 5.97 Å². The van der Waals surface area contributed by atoms with Crippen LogP contribution in [-0.2, 0) is 11.2 Å². The van der Waals surface area contributed by atoms with Gasteiger partial charge in [-0.15, -0.1) is 0 Å². The van der Waals surface area contributed by atoms with Crippen LogP contribution in [0.4, 0.5) is 0 Å². The lowest BCUT2D eigenvalue weighted by Crippen LogP contribution is -2.13. The fraction of sp³-hybridized carbons (Fsp3) is 0.125. The quantitative estimate of drug-likeness (QED) is 0.476. The molecule has 0 radical (unpaired) electrons. The Labute approximate surface area is 116 Å². The molecule has 2 rings (SSSR count). The summed E-state index contributed by atoms with van der Waals surface area (Å²) in [6, 6.07) is 14.1. The molecule has 4 heteroatoms. The molecule has 0 aliphatic heterocycles. The first-order valence-electron chi connectivity index (χ1n) is 6.11. The number of para-hydroxylation sites is 1. The Kier molecular flexibility index (Phi) is 4.50. The van der Waals surface area contributed by atoms with Crippen LogP contribution in [0.2, 0.25) is 0 Å². The number of ether oxygens (including phenoxy) is 2. The highest BCUT2D eigenvalue weighted by Gasteiger charge is 2.14. The van der Waals surface area contributed by atoms with Gasteiger partial charge in [0.1, 0.15) is 0 Å². The van der Waals surface area contributed by atoms with Crippen molar-refractivity contribution in [3.05, 3.63) is 59.7 Å². The van der Waals surface area contributed by atoms with Gasteiger partial charge < -0.3 is 9.47 Å². The van der Waals surface area contributed by atoms with E-state index in [0.29, 0.717) is 12.0 Å². The maximum atomic E-state index is 11.9. The summed E-state index contributed by atoms with van der Waals surface area (Å²) in [5, 5.41) is 0. The predicted octanol–water partition coefficient (Wildman–Crippen LogP) is 2.66. The topological polar surface area (TPSA) is 52.6 Å². The first-order valence-corrected chi connectivity index (χ1v) is 6.11. The molecule has 0 spiro atoms. The van der Waals surface area contributed by atoms with Gasteiger partial charge in [-0.05, 0) is 17.7 Å². The Morgan fingerprint density at radius 3 is 2.50 bits per heavy atom. The Bertz CT molecular complexity index is 605. The molecule has 0 N–H and O–H groups in total. The lowest BCUT2D eigenvalue weighted by Gasteiger charge is -2.11. The highest BCUT2D eigenvalue weighted by molar-refractivity contribution is 5.84. The Morgan fingerprint density at radius 1 is 1.10 bits per heavy atom. The SMILES string of the molecule is COc1cccc(C=O)c1OC(=O)Cc1ccccc1. The van der Waals surface area contributed by atoms with Crippen LogP contribution in [0.3, 0.4) is 0 Å². The molecule has 0 fully saturated rings. The second kappa shape index (κ2) is 6.52. The summed E-state index contributed by atoms with van der Waals surface area (Å²) in [4.78, 5) is 22.9. The maximum absolute atomic E-state index is 11.9. The molecule has 0 atom stereocenters. The van der Waals surface area contributed by atoms with Crippen molar-refractivity contribution in [3.8, 4) is 11.5 Å². The van der Waals surface area contributed by atoms with Crippen molar-refractivity contribution in [3.63, 3.8) is 0 Å². The third-order valence-electron chi connectivity index (χ3n) is 2.76. The molecule has 0 aliphatic rings. The number of methoxy groups -OCH3 is 1. The highest BCUT2D eigenvalue weighted by Crippen LogP contribution is 2.30. The molecule has 2 aromatic carbocycles. The van der Waals surface area contributed by atoms with Gasteiger partial charge in [-0.25, -0.2) is 0 Å². The molecule has 0 saturated carbocycles. The maximum Gasteiger partial charge on any atom is 0.315 e. The van der Waals surface area contributed by atoms with Gasteiger partial charge in [-0.2, -0.15) is 0 Å². The van der Waals surface area contributed by atoms with Crippen molar-refractivity contribution in [1.29, 1.82) is 0 Å². The van der Waals surface area contributed by atoms with Gasteiger partial charge in [0.15, 0.2) is 17.8 Å². The minimum absolute atomic E-state index is 0.136. The van der Waals surface area contributed by atoms with Gasteiger partial charge in [0.05, 0.1) is 19.1 Å². The molecule has 0 saturated heterocycles. The molecule has 0 heterocycles. The second-order valence-electron chi connectivity index (χ2n) is 4.13. The van der Waals surface area contributed by atoms with Crippen molar-refractivity contribution in [2.75, 3.05) is 7.11 Å². The highest BCUT2D eigenvalue weighted by atomic mass is 16.6. The first kappa shape index (κ1) is 13.8. The Balaban J connectivity index is 2.17. The van der Waals surface area contributed by atoms with Gasteiger partial charge in [0.25, 0.3) is 0 Å². The molecule has 4 nitrogen and oxygen atoms in total. The molecule has 2 aromatic rings. The van der Waals surface area contributed by atoms with Crippen LogP contribution in [0.15, 0.2) is 48.5 Å². The summed E-state index contributed by atoms with van der Waals surface area (Å²) < 4.78 is 10.4. The average molecular weight is 270 g/mol. The van der Waals surface area contributed by atoms with Crippen LogP contribution < -0.4 is 9.47 Å². The van der Waals surface area contributed by atoms with E-state index in [1.807, 2.05) is 30.3 Å².